The van der Waals surface area contributed by atoms with E-state index in [4.69, 9.17) is 4.74 Å². The van der Waals surface area contributed by atoms with Gasteiger partial charge in [0.25, 0.3) is 0 Å². The van der Waals surface area contributed by atoms with Crippen molar-refractivity contribution >= 4 is 5.97 Å². The lowest BCUT2D eigenvalue weighted by atomic mass is 10.2. The van der Waals surface area contributed by atoms with Gasteiger partial charge in [-0.15, -0.1) is 0 Å². The number of nitrogens with zero attached hydrogens (tertiary/aromatic N) is 4. The van der Waals surface area contributed by atoms with Crippen molar-refractivity contribution in [1.29, 1.82) is 0 Å². The van der Waals surface area contributed by atoms with Crippen LogP contribution < -0.4 is 0 Å². The molecule has 0 aromatic rings. The Morgan fingerprint density at radius 3 is 0.943 bits per heavy atom. The molecule has 0 heterocycles. The summed E-state index contributed by atoms with van der Waals surface area (Å²) in [6.07, 6.45) is 0.293. The number of hydrogen-bond donors (Lipinski definition) is 5. The molecule has 0 radical (unpaired) electrons. The number of ether oxygens (including phenoxy) is 1. The summed E-state index contributed by atoms with van der Waals surface area (Å²) in [6.45, 7) is 8.48. The Kier molecular flexibility index (Phi) is 16.3. The van der Waals surface area contributed by atoms with Gasteiger partial charge in [0.2, 0.25) is 0 Å². The van der Waals surface area contributed by atoms with Gasteiger partial charge < -0.3 is 48.2 Å². The standard InChI is InChI=1S/C24H56N4O7/c1-25(14-19-29,7-6-24(34)35-5)8-9-26(2,15-20-30)10-11-27(3,16-21-31)12-13-28(4,17-22-32)18-23-33/h29-33H,6-23H2,1-5H3/q+4. The van der Waals surface area contributed by atoms with Gasteiger partial charge in [-0.05, 0) is 0 Å². The molecule has 0 saturated heterocycles. The molecular weight excluding hydrogens is 456 g/mol. The van der Waals surface area contributed by atoms with Crippen LogP contribution in [0.2, 0.25) is 0 Å². The van der Waals surface area contributed by atoms with E-state index in [9.17, 15) is 30.3 Å². The third-order valence-electron chi connectivity index (χ3n) is 7.82. The number of carbonyl (C=O) groups excluding carboxylic acids is 1. The van der Waals surface area contributed by atoms with Crippen molar-refractivity contribution < 1.29 is 53.0 Å². The number of hydrogen-bond acceptors (Lipinski definition) is 7. The Morgan fingerprint density at radius 1 is 0.486 bits per heavy atom. The van der Waals surface area contributed by atoms with Crippen LogP contribution >= 0.6 is 0 Å². The zero-order valence-electron chi connectivity index (χ0n) is 23.1. The Morgan fingerprint density at radius 2 is 0.714 bits per heavy atom. The van der Waals surface area contributed by atoms with Crippen LogP contribution in [0.5, 0.6) is 0 Å². The van der Waals surface area contributed by atoms with Gasteiger partial charge in [0, 0.05) is 0 Å². The molecule has 11 nitrogen and oxygen atoms in total. The Hall–Kier alpha value is -0.890. The van der Waals surface area contributed by atoms with Gasteiger partial charge in [-0.1, -0.05) is 0 Å². The van der Waals surface area contributed by atoms with Crippen molar-refractivity contribution in [2.75, 3.05) is 147 Å². The summed E-state index contributed by atoms with van der Waals surface area (Å²) in [5.74, 6) is -0.259. The minimum Gasteiger partial charge on any atom is -0.469 e. The zero-order valence-corrected chi connectivity index (χ0v) is 23.1. The Bertz CT molecular complexity index is 580. The first-order valence-electron chi connectivity index (χ1n) is 12.8. The van der Waals surface area contributed by atoms with Gasteiger partial charge >= 0.3 is 5.97 Å². The predicted octanol–water partition coefficient (Wildman–Crippen LogP) is -2.70. The van der Waals surface area contributed by atoms with Crippen LogP contribution in [-0.4, -0.2) is 196 Å². The van der Waals surface area contributed by atoms with Crippen molar-refractivity contribution in [2.24, 2.45) is 0 Å². The second-order valence-electron chi connectivity index (χ2n) is 11.1. The molecule has 0 aliphatic rings. The van der Waals surface area contributed by atoms with E-state index in [1.165, 1.54) is 7.11 Å². The summed E-state index contributed by atoms with van der Waals surface area (Å²) in [7, 11) is 9.71. The molecule has 0 bridgehead atoms. The molecular formula is C24H56N4O7+4. The molecule has 0 spiro atoms. The summed E-state index contributed by atoms with van der Waals surface area (Å²) in [4.78, 5) is 11.7. The molecule has 0 amide bonds. The van der Waals surface area contributed by atoms with E-state index in [1.807, 2.05) is 14.1 Å². The number of likely N-dealkylation sites (N-methyl/N-ethyl adjacent to an activating group) is 4. The zero-order chi connectivity index (χ0) is 27.0. The normalized spacial score (nSPS) is 17.4. The molecule has 3 atom stereocenters. The summed E-state index contributed by atoms with van der Waals surface area (Å²) in [5, 5.41) is 48.1. The van der Waals surface area contributed by atoms with Crippen LogP contribution in [0.15, 0.2) is 0 Å². The van der Waals surface area contributed by atoms with Gasteiger partial charge in [0.1, 0.15) is 72.0 Å². The fourth-order valence-electron chi connectivity index (χ4n) is 4.46. The van der Waals surface area contributed by atoms with E-state index < -0.39 is 0 Å². The number of aliphatic hydroxyl groups excluding tert-OH is 5. The molecule has 35 heavy (non-hydrogen) atoms. The quantitative estimate of drug-likeness (QED) is 0.0789. The third-order valence-corrected chi connectivity index (χ3v) is 7.82. The van der Waals surface area contributed by atoms with Crippen LogP contribution in [0.4, 0.5) is 0 Å². The maximum absolute atomic E-state index is 11.7. The molecule has 0 aromatic heterocycles. The third kappa shape index (κ3) is 13.8. The van der Waals surface area contributed by atoms with Crippen molar-refractivity contribution in [1.82, 2.24) is 0 Å². The second-order valence-corrected chi connectivity index (χ2v) is 11.1. The average Bonchev–Trinajstić information content (AvgIpc) is 2.80. The molecule has 0 rings (SSSR count). The smallest absolute Gasteiger partial charge is 0.311 e. The molecule has 3 unspecified atom stereocenters. The van der Waals surface area contributed by atoms with Crippen LogP contribution in [0.1, 0.15) is 6.42 Å². The highest BCUT2D eigenvalue weighted by Gasteiger charge is 2.34. The molecule has 0 fully saturated rings. The van der Waals surface area contributed by atoms with Gasteiger partial charge in [0.05, 0.1) is 81.3 Å². The molecule has 210 valence electrons. The fraction of sp³-hybridized carbons (Fsp3) is 0.958. The molecule has 11 heteroatoms. The van der Waals surface area contributed by atoms with E-state index in [0.29, 0.717) is 63.6 Å². The summed E-state index contributed by atoms with van der Waals surface area (Å²) in [5.41, 5.74) is 0. The van der Waals surface area contributed by atoms with Crippen molar-refractivity contribution in [3.8, 4) is 0 Å². The Balaban J connectivity index is 5.34. The average molecular weight is 513 g/mol. The molecule has 0 aliphatic carbocycles. The van der Waals surface area contributed by atoms with E-state index >= 15 is 0 Å². The van der Waals surface area contributed by atoms with Crippen LogP contribution in [0.25, 0.3) is 0 Å². The highest BCUT2D eigenvalue weighted by atomic mass is 16.5. The largest absolute Gasteiger partial charge is 0.469 e. The van der Waals surface area contributed by atoms with Gasteiger partial charge in [-0.25, -0.2) is 0 Å². The minimum absolute atomic E-state index is 0.0333. The topological polar surface area (TPSA) is 127 Å². The van der Waals surface area contributed by atoms with E-state index in [0.717, 1.165) is 39.3 Å². The summed E-state index contributed by atoms with van der Waals surface area (Å²) < 4.78 is 7.21. The van der Waals surface area contributed by atoms with E-state index in [1.54, 1.807) is 0 Å². The number of rotatable bonds is 22. The molecule has 0 aliphatic heterocycles. The predicted molar refractivity (Wildman–Crippen MR) is 135 cm³/mol. The lowest BCUT2D eigenvalue weighted by molar-refractivity contribution is -0.995. The minimum atomic E-state index is -0.259. The highest BCUT2D eigenvalue weighted by Crippen LogP contribution is 2.13. The monoisotopic (exact) mass is 512 g/mol. The number of quaternary nitrogens is 4. The first kappa shape index (κ1) is 34.1. The van der Waals surface area contributed by atoms with E-state index in [-0.39, 0.29) is 39.0 Å². The van der Waals surface area contributed by atoms with Crippen molar-refractivity contribution in [2.45, 2.75) is 6.42 Å². The number of esters is 1. The van der Waals surface area contributed by atoms with Crippen molar-refractivity contribution in [3.63, 3.8) is 0 Å². The summed E-state index contributed by atoms with van der Waals surface area (Å²) in [6, 6.07) is 0. The number of aliphatic hydroxyl groups is 5. The first-order chi connectivity index (χ1) is 16.4. The lowest BCUT2D eigenvalue weighted by Crippen LogP contribution is -2.62. The van der Waals surface area contributed by atoms with Crippen LogP contribution in [0, 0.1) is 0 Å². The summed E-state index contributed by atoms with van der Waals surface area (Å²) >= 11 is 0. The SMILES string of the molecule is COC(=O)CC[N+](C)(CCO)CC[N+](C)(CCO)CC[N+](C)(CCO)CC[N+](C)(CCO)CCO. The van der Waals surface area contributed by atoms with Gasteiger partial charge in [-0.3, -0.25) is 4.79 Å². The first-order valence-corrected chi connectivity index (χ1v) is 12.8. The Labute approximate surface area is 212 Å². The number of methoxy groups -OCH3 is 1. The second kappa shape index (κ2) is 16.8. The maximum Gasteiger partial charge on any atom is 0.311 e. The van der Waals surface area contributed by atoms with Crippen LogP contribution in [0.3, 0.4) is 0 Å². The van der Waals surface area contributed by atoms with E-state index in [2.05, 4.69) is 14.1 Å². The fourth-order valence-corrected chi connectivity index (χ4v) is 4.46. The maximum atomic E-state index is 11.7. The van der Waals surface area contributed by atoms with Crippen molar-refractivity contribution in [3.05, 3.63) is 0 Å². The van der Waals surface area contributed by atoms with Gasteiger partial charge in [0.15, 0.2) is 0 Å². The lowest BCUT2D eigenvalue weighted by Gasteiger charge is -2.43. The van der Waals surface area contributed by atoms with Crippen LogP contribution in [-0.2, 0) is 9.53 Å². The molecule has 0 aromatic carbocycles. The molecule has 0 saturated carbocycles. The van der Waals surface area contributed by atoms with Gasteiger partial charge in [-0.2, -0.15) is 0 Å². The molecule has 5 N–H and O–H groups in total. The number of carbonyl (C=O) groups is 1. The highest BCUT2D eigenvalue weighted by molar-refractivity contribution is 5.69.